The number of carbonyl (C=O) groups is 2. The van der Waals surface area contributed by atoms with E-state index in [-0.39, 0.29) is 29.9 Å². The van der Waals surface area contributed by atoms with Gasteiger partial charge in [0.25, 0.3) is 0 Å². The lowest BCUT2D eigenvalue weighted by Crippen LogP contribution is -2.45. The van der Waals surface area contributed by atoms with E-state index in [2.05, 4.69) is 0 Å². The van der Waals surface area contributed by atoms with Gasteiger partial charge in [-0.25, -0.2) is 8.78 Å². The Morgan fingerprint density at radius 3 is 2.58 bits per heavy atom. The Kier molecular flexibility index (Phi) is 7.08. The van der Waals surface area contributed by atoms with Crippen LogP contribution < -0.4 is 0 Å². The first-order valence-corrected chi connectivity index (χ1v) is 8.93. The Morgan fingerprint density at radius 2 is 1.96 bits per heavy atom. The number of rotatable bonds is 6. The van der Waals surface area contributed by atoms with E-state index in [9.17, 15) is 18.4 Å². The lowest BCUT2D eigenvalue weighted by molar-refractivity contribution is -0.151. The molecule has 0 N–H and O–H groups in total. The van der Waals surface area contributed by atoms with Crippen molar-refractivity contribution < 1.29 is 23.1 Å². The van der Waals surface area contributed by atoms with Crippen molar-refractivity contribution in [2.24, 2.45) is 5.92 Å². The summed E-state index contributed by atoms with van der Waals surface area (Å²) in [6.45, 7) is 4.96. The molecule has 0 bridgehead atoms. The van der Waals surface area contributed by atoms with Crippen molar-refractivity contribution in [1.29, 1.82) is 0 Å². The summed E-state index contributed by atoms with van der Waals surface area (Å²) in [6, 6.07) is 2.89. The van der Waals surface area contributed by atoms with Crippen molar-refractivity contribution in [2.45, 2.75) is 32.7 Å². The molecular formula is C19H26F2N2O3. The Bertz CT molecular complexity index is 646. The third-order valence-electron chi connectivity index (χ3n) is 4.92. The highest BCUT2D eigenvalue weighted by Crippen LogP contribution is 2.24. The van der Waals surface area contributed by atoms with Gasteiger partial charge < -0.3 is 9.64 Å². The largest absolute Gasteiger partial charge is 0.466 e. The molecule has 0 aromatic heterocycles. The first-order chi connectivity index (χ1) is 12.3. The van der Waals surface area contributed by atoms with Crippen LogP contribution in [0.2, 0.25) is 0 Å². The second-order valence-electron chi connectivity index (χ2n) is 6.66. The number of piperidine rings is 1. The van der Waals surface area contributed by atoms with E-state index in [1.54, 1.807) is 30.7 Å². The van der Waals surface area contributed by atoms with E-state index in [1.165, 1.54) is 0 Å². The van der Waals surface area contributed by atoms with Crippen molar-refractivity contribution in [3.63, 3.8) is 0 Å². The topological polar surface area (TPSA) is 49.9 Å². The van der Waals surface area contributed by atoms with Crippen LogP contribution >= 0.6 is 0 Å². The third kappa shape index (κ3) is 5.00. The van der Waals surface area contributed by atoms with Crippen molar-refractivity contribution in [3.05, 3.63) is 35.4 Å². The van der Waals surface area contributed by atoms with Gasteiger partial charge >= 0.3 is 5.97 Å². The first kappa shape index (κ1) is 20.3. The fourth-order valence-corrected chi connectivity index (χ4v) is 3.15. The summed E-state index contributed by atoms with van der Waals surface area (Å²) in [4.78, 5) is 27.7. The second-order valence-corrected chi connectivity index (χ2v) is 6.66. The van der Waals surface area contributed by atoms with E-state index in [1.807, 2.05) is 0 Å². The number of amides is 1. The van der Waals surface area contributed by atoms with Gasteiger partial charge in [0.2, 0.25) is 5.91 Å². The average Bonchev–Trinajstić information content (AvgIpc) is 2.63. The summed E-state index contributed by atoms with van der Waals surface area (Å²) in [7, 11) is 1.71. The average molecular weight is 368 g/mol. The Morgan fingerprint density at radius 1 is 1.31 bits per heavy atom. The quantitative estimate of drug-likeness (QED) is 0.725. The fourth-order valence-electron chi connectivity index (χ4n) is 3.15. The van der Waals surface area contributed by atoms with Crippen LogP contribution in [0.3, 0.4) is 0 Å². The van der Waals surface area contributed by atoms with Gasteiger partial charge in [0.15, 0.2) is 0 Å². The number of nitrogens with zero attached hydrogens (tertiary/aromatic N) is 2. The predicted octanol–water partition coefficient (Wildman–Crippen LogP) is 2.76. The normalized spacial score (nSPS) is 16.6. The number of hydrogen-bond acceptors (Lipinski definition) is 4. The molecular weight excluding hydrogens is 342 g/mol. The molecule has 1 unspecified atom stereocenters. The summed E-state index contributed by atoms with van der Waals surface area (Å²) in [5.74, 6) is -1.44. The van der Waals surface area contributed by atoms with Gasteiger partial charge in [0.05, 0.1) is 19.1 Å². The summed E-state index contributed by atoms with van der Waals surface area (Å²) >= 11 is 0. The molecule has 1 atom stereocenters. The maximum absolute atomic E-state index is 13.9. The van der Waals surface area contributed by atoms with Crippen LogP contribution in [0.25, 0.3) is 0 Å². The van der Waals surface area contributed by atoms with Gasteiger partial charge in [-0.3, -0.25) is 14.5 Å². The number of carbonyl (C=O) groups excluding carboxylic acids is 2. The molecule has 1 fully saturated rings. The number of likely N-dealkylation sites (tertiary alicyclic amines) is 1. The van der Waals surface area contributed by atoms with Gasteiger partial charge in [-0.05, 0) is 51.9 Å². The van der Waals surface area contributed by atoms with Gasteiger partial charge in [0.1, 0.15) is 11.6 Å². The smallest absolute Gasteiger partial charge is 0.309 e. The fraction of sp³-hybridized carbons (Fsp3) is 0.579. The highest BCUT2D eigenvalue weighted by Gasteiger charge is 2.29. The summed E-state index contributed by atoms with van der Waals surface area (Å²) in [6.07, 6.45) is 1.17. The zero-order valence-corrected chi connectivity index (χ0v) is 15.5. The Hall–Kier alpha value is -2.02. The van der Waals surface area contributed by atoms with E-state index < -0.39 is 17.7 Å². The Balaban J connectivity index is 1.89. The van der Waals surface area contributed by atoms with Crippen LogP contribution in [0.1, 0.15) is 38.3 Å². The van der Waals surface area contributed by atoms with Gasteiger partial charge in [-0.2, -0.15) is 0 Å². The highest BCUT2D eigenvalue weighted by atomic mass is 19.1. The number of hydrogen-bond donors (Lipinski definition) is 0. The van der Waals surface area contributed by atoms with E-state index in [4.69, 9.17) is 4.74 Å². The van der Waals surface area contributed by atoms with Gasteiger partial charge in [-0.1, -0.05) is 0 Å². The lowest BCUT2D eigenvalue weighted by atomic mass is 9.97. The minimum Gasteiger partial charge on any atom is -0.466 e. The van der Waals surface area contributed by atoms with Crippen molar-refractivity contribution >= 4 is 11.9 Å². The molecule has 1 heterocycles. The summed E-state index contributed by atoms with van der Waals surface area (Å²) in [5.41, 5.74) is 0.223. The molecule has 1 saturated heterocycles. The van der Waals surface area contributed by atoms with Crippen LogP contribution in [0.5, 0.6) is 0 Å². The van der Waals surface area contributed by atoms with E-state index in [0.29, 0.717) is 32.5 Å². The predicted molar refractivity (Wildman–Crippen MR) is 93.3 cm³/mol. The molecule has 1 aliphatic heterocycles. The molecule has 0 radical (unpaired) electrons. The van der Waals surface area contributed by atoms with Crippen LogP contribution in [0.15, 0.2) is 18.2 Å². The minimum atomic E-state index is -0.506. The zero-order chi connectivity index (χ0) is 19.3. The van der Waals surface area contributed by atoms with Crippen LogP contribution in [-0.2, 0) is 14.3 Å². The van der Waals surface area contributed by atoms with Crippen LogP contribution in [0.4, 0.5) is 8.78 Å². The molecule has 1 aromatic carbocycles. The zero-order valence-electron chi connectivity index (χ0n) is 15.5. The number of halogens is 2. The lowest BCUT2D eigenvalue weighted by Gasteiger charge is -2.33. The first-order valence-electron chi connectivity index (χ1n) is 8.93. The van der Waals surface area contributed by atoms with Gasteiger partial charge in [0, 0.05) is 24.7 Å². The highest BCUT2D eigenvalue weighted by molar-refractivity contribution is 5.79. The molecule has 1 amide bonds. The van der Waals surface area contributed by atoms with Crippen molar-refractivity contribution in [3.8, 4) is 0 Å². The third-order valence-corrected chi connectivity index (χ3v) is 4.92. The minimum absolute atomic E-state index is 0.0847. The number of likely N-dealkylation sites (N-methyl/N-ethyl adjacent to an activating group) is 1. The second kappa shape index (κ2) is 9.07. The molecule has 0 saturated carbocycles. The molecule has 1 aliphatic rings. The molecule has 0 spiro atoms. The molecule has 1 aromatic rings. The number of benzene rings is 1. The summed E-state index contributed by atoms with van der Waals surface area (Å²) < 4.78 is 32.3. The molecule has 0 aliphatic carbocycles. The van der Waals surface area contributed by atoms with Crippen molar-refractivity contribution in [1.82, 2.24) is 9.80 Å². The van der Waals surface area contributed by atoms with Crippen molar-refractivity contribution in [2.75, 3.05) is 33.3 Å². The SMILES string of the molecule is CCOC(=O)C1CCN(C(=O)CN(C)C(C)c2cc(F)ccc2F)CC1. The molecule has 144 valence electrons. The molecule has 26 heavy (non-hydrogen) atoms. The van der Waals surface area contributed by atoms with Crippen LogP contribution in [0, 0.1) is 17.6 Å². The maximum Gasteiger partial charge on any atom is 0.309 e. The van der Waals surface area contributed by atoms with Crippen LogP contribution in [-0.4, -0.2) is 55.0 Å². The number of ether oxygens (including phenoxy) is 1. The Labute approximate surface area is 152 Å². The van der Waals surface area contributed by atoms with E-state index >= 15 is 0 Å². The summed E-state index contributed by atoms with van der Waals surface area (Å²) in [5, 5.41) is 0. The molecule has 7 heteroatoms. The van der Waals surface area contributed by atoms with Gasteiger partial charge in [-0.15, -0.1) is 0 Å². The molecule has 5 nitrogen and oxygen atoms in total. The van der Waals surface area contributed by atoms with E-state index in [0.717, 1.165) is 18.2 Å². The maximum atomic E-state index is 13.9. The molecule has 2 rings (SSSR count). The standard InChI is InChI=1S/C19H26F2N2O3/c1-4-26-19(25)14-7-9-23(10-8-14)18(24)12-22(3)13(2)16-11-15(20)5-6-17(16)21/h5-6,11,13-14H,4,7-10,12H2,1-3H3. The number of esters is 1. The monoisotopic (exact) mass is 368 g/mol.